The number of nitrogens with zero attached hydrogens (tertiary/aromatic N) is 3. The second-order valence-corrected chi connectivity index (χ2v) is 7.50. The molecule has 0 heterocycles. The van der Waals surface area contributed by atoms with Gasteiger partial charge in [-0.05, 0) is 38.0 Å². The van der Waals surface area contributed by atoms with Gasteiger partial charge in [0.25, 0.3) is 0 Å². The van der Waals surface area contributed by atoms with Gasteiger partial charge in [0.1, 0.15) is 12.6 Å². The summed E-state index contributed by atoms with van der Waals surface area (Å²) in [7, 11) is 1.51. The van der Waals surface area contributed by atoms with Crippen molar-refractivity contribution in [2.45, 2.75) is 63.5 Å². The fourth-order valence-electron chi connectivity index (χ4n) is 3.76. The van der Waals surface area contributed by atoms with Crippen molar-refractivity contribution in [3.63, 3.8) is 0 Å². The van der Waals surface area contributed by atoms with E-state index in [0.717, 1.165) is 44.2 Å². The molecule has 0 spiro atoms. The number of carbonyl (C=O) groups excluding carboxylic acids is 1. The minimum absolute atomic E-state index is 0.104. The first-order valence-electron chi connectivity index (χ1n) is 9.56. The lowest BCUT2D eigenvalue weighted by Crippen LogP contribution is -2.52. The molecule has 0 unspecified atom stereocenters. The summed E-state index contributed by atoms with van der Waals surface area (Å²) in [5.74, 6) is -0.593. The van der Waals surface area contributed by atoms with Gasteiger partial charge in [-0.15, -0.1) is 0 Å². The molecule has 1 aromatic rings. The third-order valence-corrected chi connectivity index (χ3v) is 5.41. The molecule has 0 saturated heterocycles. The maximum atomic E-state index is 13.3. The average molecular weight is 435 g/mol. The zero-order valence-electron chi connectivity index (χ0n) is 16.6. The monoisotopic (exact) mass is 435 g/mol. The second kappa shape index (κ2) is 9.14. The number of benzene rings is 1. The number of rotatable bonds is 5. The van der Waals surface area contributed by atoms with Crippen LogP contribution in [0.2, 0.25) is 0 Å². The number of likely N-dealkylation sites (N-methyl/N-ethyl adjacent to an activating group) is 1. The molecule has 1 saturated carbocycles. The van der Waals surface area contributed by atoms with Gasteiger partial charge in [0.2, 0.25) is 5.91 Å². The van der Waals surface area contributed by atoms with Crippen LogP contribution < -0.4 is 4.90 Å². The molecule has 0 aromatic heterocycles. The van der Waals surface area contributed by atoms with E-state index in [-0.39, 0.29) is 6.04 Å². The van der Waals surface area contributed by atoms with Crippen molar-refractivity contribution >= 4 is 11.6 Å². The summed E-state index contributed by atoms with van der Waals surface area (Å²) in [5, 5.41) is 8.91. The van der Waals surface area contributed by atoms with Crippen LogP contribution >= 0.6 is 0 Å². The number of carbonyl (C=O) groups is 1. The lowest BCUT2D eigenvalue weighted by Gasteiger charge is -2.37. The molecular weight excluding hydrogens is 412 g/mol. The van der Waals surface area contributed by atoms with Gasteiger partial charge in [-0.1, -0.05) is 19.3 Å². The number of nitriles is 1. The van der Waals surface area contributed by atoms with E-state index in [1.807, 2.05) is 0 Å². The standard InChI is InChI=1S/C20H23F6N3O/c1-13(18(30)28(2)15-6-4-3-5-7-15)29(12-19(21,22)23)16-9-8-14(11-27)17(10-16)20(24,25)26/h8-10,13,15H,3-7,12H2,1-2H3/t13-/m0/s1. The Balaban J connectivity index is 2.40. The molecule has 4 nitrogen and oxygen atoms in total. The molecule has 0 bridgehead atoms. The molecular formula is C20H23F6N3O. The Kier molecular flexibility index (Phi) is 7.27. The van der Waals surface area contributed by atoms with Crippen LogP contribution in [0.15, 0.2) is 18.2 Å². The molecule has 10 heteroatoms. The minimum atomic E-state index is -4.92. The van der Waals surface area contributed by atoms with Gasteiger partial charge in [-0.3, -0.25) is 4.79 Å². The molecule has 0 radical (unpaired) electrons. The van der Waals surface area contributed by atoms with Gasteiger partial charge in [-0.25, -0.2) is 0 Å². The maximum Gasteiger partial charge on any atom is 0.417 e. The van der Waals surface area contributed by atoms with E-state index in [1.165, 1.54) is 24.9 Å². The van der Waals surface area contributed by atoms with Gasteiger partial charge >= 0.3 is 12.4 Å². The van der Waals surface area contributed by atoms with E-state index >= 15 is 0 Å². The highest BCUT2D eigenvalue weighted by Gasteiger charge is 2.39. The molecule has 1 amide bonds. The summed E-state index contributed by atoms with van der Waals surface area (Å²) in [6.45, 7) is -0.347. The molecule has 166 valence electrons. The van der Waals surface area contributed by atoms with Crippen LogP contribution in [0.5, 0.6) is 0 Å². The summed E-state index contributed by atoms with van der Waals surface area (Å²) >= 11 is 0. The normalized spacial score (nSPS) is 16.6. The predicted molar refractivity (Wildman–Crippen MR) is 98.7 cm³/mol. The van der Waals surface area contributed by atoms with E-state index in [9.17, 15) is 31.1 Å². The third-order valence-electron chi connectivity index (χ3n) is 5.41. The van der Waals surface area contributed by atoms with Crippen LogP contribution in [0.1, 0.15) is 50.2 Å². The van der Waals surface area contributed by atoms with Crippen molar-refractivity contribution in [3.8, 4) is 6.07 Å². The number of hydrogen-bond donors (Lipinski definition) is 0. The highest BCUT2D eigenvalue weighted by molar-refractivity contribution is 5.85. The largest absolute Gasteiger partial charge is 0.417 e. The smallest absolute Gasteiger partial charge is 0.351 e. The van der Waals surface area contributed by atoms with Gasteiger partial charge < -0.3 is 9.80 Å². The fraction of sp³-hybridized carbons (Fsp3) is 0.600. The van der Waals surface area contributed by atoms with Crippen LogP contribution in [0.25, 0.3) is 0 Å². The van der Waals surface area contributed by atoms with Crippen LogP contribution in [0, 0.1) is 11.3 Å². The predicted octanol–water partition coefficient (Wildman–Crippen LogP) is 5.13. The molecule has 1 atom stereocenters. The van der Waals surface area contributed by atoms with E-state index in [4.69, 9.17) is 5.26 Å². The van der Waals surface area contributed by atoms with Crippen LogP contribution in [-0.4, -0.2) is 42.7 Å². The highest BCUT2D eigenvalue weighted by Crippen LogP contribution is 2.36. The zero-order chi connectivity index (χ0) is 22.7. The Morgan fingerprint density at radius 3 is 2.27 bits per heavy atom. The first-order chi connectivity index (χ1) is 13.8. The lowest BCUT2D eigenvalue weighted by atomic mass is 9.94. The van der Waals surface area contributed by atoms with Crippen molar-refractivity contribution in [1.82, 2.24) is 4.90 Å². The number of amides is 1. The Bertz CT molecular complexity index is 793. The van der Waals surface area contributed by atoms with Gasteiger partial charge in [-0.2, -0.15) is 31.6 Å². The number of alkyl halides is 6. The Hall–Kier alpha value is -2.44. The number of halogens is 6. The van der Waals surface area contributed by atoms with E-state index in [0.29, 0.717) is 11.0 Å². The molecule has 1 aliphatic carbocycles. The summed E-state index contributed by atoms with van der Waals surface area (Å²) in [6.07, 6.45) is -5.34. The summed E-state index contributed by atoms with van der Waals surface area (Å²) < 4.78 is 79.5. The first-order valence-corrected chi connectivity index (χ1v) is 9.56. The number of hydrogen-bond acceptors (Lipinski definition) is 3. The highest BCUT2D eigenvalue weighted by atomic mass is 19.4. The molecule has 0 aliphatic heterocycles. The molecule has 1 aromatic carbocycles. The van der Waals surface area contributed by atoms with Crippen LogP contribution in [0.3, 0.4) is 0 Å². The topological polar surface area (TPSA) is 47.3 Å². The summed E-state index contributed by atoms with van der Waals surface area (Å²) in [5.41, 5.74) is -2.46. The Labute approximate surface area is 171 Å². The summed E-state index contributed by atoms with van der Waals surface area (Å²) in [4.78, 5) is 14.9. The van der Waals surface area contributed by atoms with E-state index in [2.05, 4.69) is 0 Å². The van der Waals surface area contributed by atoms with Crippen LogP contribution in [-0.2, 0) is 11.0 Å². The average Bonchev–Trinajstić information content (AvgIpc) is 2.69. The van der Waals surface area contributed by atoms with Crippen molar-refractivity contribution in [2.75, 3.05) is 18.5 Å². The van der Waals surface area contributed by atoms with Crippen LogP contribution in [0.4, 0.5) is 32.0 Å². The van der Waals surface area contributed by atoms with Crippen molar-refractivity contribution in [2.24, 2.45) is 0 Å². The van der Waals surface area contributed by atoms with Gasteiger partial charge in [0.15, 0.2) is 0 Å². The van der Waals surface area contributed by atoms with E-state index in [1.54, 1.807) is 0 Å². The zero-order valence-corrected chi connectivity index (χ0v) is 16.6. The lowest BCUT2D eigenvalue weighted by molar-refractivity contribution is -0.137. The Morgan fingerprint density at radius 1 is 1.17 bits per heavy atom. The fourth-order valence-corrected chi connectivity index (χ4v) is 3.76. The molecule has 30 heavy (non-hydrogen) atoms. The van der Waals surface area contributed by atoms with Gasteiger partial charge in [0.05, 0.1) is 17.2 Å². The molecule has 2 rings (SSSR count). The quantitative estimate of drug-likeness (QED) is 0.603. The molecule has 1 aliphatic rings. The van der Waals surface area contributed by atoms with Crippen molar-refractivity contribution in [3.05, 3.63) is 29.3 Å². The maximum absolute atomic E-state index is 13.3. The van der Waals surface area contributed by atoms with Crippen molar-refractivity contribution in [1.29, 1.82) is 5.26 Å². The minimum Gasteiger partial charge on any atom is -0.351 e. The Morgan fingerprint density at radius 2 is 1.77 bits per heavy atom. The second-order valence-electron chi connectivity index (χ2n) is 7.50. The molecule has 1 fully saturated rings. The third kappa shape index (κ3) is 5.80. The summed E-state index contributed by atoms with van der Waals surface area (Å²) in [6, 6.07) is 2.27. The SMILES string of the molecule is C[C@@H](C(=O)N(C)C1CCCCC1)N(CC(F)(F)F)c1ccc(C#N)c(C(F)(F)F)c1. The van der Waals surface area contributed by atoms with Crippen molar-refractivity contribution < 1.29 is 31.1 Å². The molecule has 0 N–H and O–H groups in total. The first kappa shape index (κ1) is 23.8. The number of anilines is 1. The van der Waals surface area contributed by atoms with Gasteiger partial charge in [0, 0.05) is 18.8 Å². The van der Waals surface area contributed by atoms with E-state index < -0.39 is 47.7 Å².